The fourth-order valence-electron chi connectivity index (χ4n) is 4.06. The maximum absolute atomic E-state index is 14.0. The lowest BCUT2D eigenvalue weighted by atomic mass is 9.99. The summed E-state index contributed by atoms with van der Waals surface area (Å²) in [6, 6.07) is 9.45. The van der Waals surface area contributed by atoms with Gasteiger partial charge < -0.3 is 19.1 Å². The average Bonchev–Trinajstić information content (AvgIpc) is 3.23. The Hall–Kier alpha value is -3.16. The molecule has 0 fully saturated rings. The summed E-state index contributed by atoms with van der Waals surface area (Å²) in [5, 5.41) is 0. The number of carbonyl (C=O) groups is 3. The van der Waals surface area contributed by atoms with Gasteiger partial charge in [-0.05, 0) is 50.6 Å². The van der Waals surface area contributed by atoms with Gasteiger partial charge in [-0.3, -0.25) is 14.4 Å². The molecule has 1 aromatic heterocycles. The molecule has 0 radical (unpaired) electrons. The summed E-state index contributed by atoms with van der Waals surface area (Å²) in [6.45, 7) is 6.61. The number of rotatable bonds is 8. The van der Waals surface area contributed by atoms with E-state index in [0.717, 1.165) is 5.69 Å². The predicted molar refractivity (Wildman–Crippen MR) is 117 cm³/mol. The predicted octanol–water partition coefficient (Wildman–Crippen LogP) is 3.14. The van der Waals surface area contributed by atoms with Gasteiger partial charge in [0.25, 0.3) is 0 Å². The molecule has 1 atom stereocenters. The van der Waals surface area contributed by atoms with Crippen LogP contribution in [0.15, 0.2) is 42.6 Å². The average molecular weight is 444 g/mol. The number of nitrogens with zero attached hydrogens (tertiary/aromatic N) is 3. The van der Waals surface area contributed by atoms with E-state index in [2.05, 4.69) is 4.57 Å². The van der Waals surface area contributed by atoms with Gasteiger partial charge in [-0.1, -0.05) is 12.1 Å². The van der Waals surface area contributed by atoms with Gasteiger partial charge in [-0.25, -0.2) is 4.39 Å². The van der Waals surface area contributed by atoms with Gasteiger partial charge in [-0.15, -0.1) is 0 Å². The van der Waals surface area contributed by atoms with Crippen LogP contribution in [0.4, 0.5) is 4.39 Å². The van der Waals surface area contributed by atoms with Gasteiger partial charge in [0.05, 0.1) is 19.1 Å². The van der Waals surface area contributed by atoms with E-state index in [9.17, 15) is 18.8 Å². The van der Waals surface area contributed by atoms with E-state index in [4.69, 9.17) is 4.74 Å². The van der Waals surface area contributed by atoms with Crippen LogP contribution in [-0.2, 0) is 25.7 Å². The molecule has 0 spiro atoms. The molecule has 172 valence electrons. The fourth-order valence-corrected chi connectivity index (χ4v) is 4.06. The molecule has 1 aromatic carbocycles. The van der Waals surface area contributed by atoms with E-state index in [1.54, 1.807) is 24.0 Å². The van der Waals surface area contributed by atoms with Crippen LogP contribution in [0.25, 0.3) is 0 Å². The molecule has 3 rings (SSSR count). The number of carbonyl (C=O) groups excluding carboxylic acids is 3. The summed E-state index contributed by atoms with van der Waals surface area (Å²) in [4.78, 5) is 41.0. The van der Waals surface area contributed by atoms with Crippen LogP contribution in [0.3, 0.4) is 0 Å². The van der Waals surface area contributed by atoms with Crippen molar-refractivity contribution in [2.24, 2.45) is 0 Å². The Morgan fingerprint density at radius 3 is 2.62 bits per heavy atom. The maximum Gasteiger partial charge on any atom is 0.306 e. The quantitative estimate of drug-likeness (QED) is 0.588. The van der Waals surface area contributed by atoms with E-state index in [1.165, 1.54) is 17.0 Å². The molecule has 8 heteroatoms. The van der Waals surface area contributed by atoms with Crippen LogP contribution >= 0.6 is 0 Å². The minimum atomic E-state index is -0.439. The first-order valence-electron chi connectivity index (χ1n) is 11.0. The van der Waals surface area contributed by atoms with Crippen molar-refractivity contribution in [3.8, 4) is 0 Å². The monoisotopic (exact) mass is 443 g/mol. The number of halogens is 1. The summed E-state index contributed by atoms with van der Waals surface area (Å²) in [7, 11) is 0. The van der Waals surface area contributed by atoms with Crippen molar-refractivity contribution in [3.05, 3.63) is 59.7 Å². The summed E-state index contributed by atoms with van der Waals surface area (Å²) in [5.41, 5.74) is 1.59. The Morgan fingerprint density at radius 2 is 1.94 bits per heavy atom. The van der Waals surface area contributed by atoms with Crippen LogP contribution < -0.4 is 0 Å². The highest BCUT2D eigenvalue weighted by Gasteiger charge is 2.34. The number of esters is 1. The summed E-state index contributed by atoms with van der Waals surface area (Å²) < 4.78 is 20.9. The van der Waals surface area contributed by atoms with E-state index >= 15 is 0 Å². The number of ether oxygens (including phenoxy) is 1. The molecule has 0 saturated heterocycles. The number of aromatic nitrogens is 1. The molecule has 7 nitrogen and oxygen atoms in total. The number of fused-ring (bicyclic) bond motifs is 1. The molecule has 1 aliphatic heterocycles. The minimum Gasteiger partial charge on any atom is -0.466 e. The normalized spacial score (nSPS) is 15.4. The summed E-state index contributed by atoms with van der Waals surface area (Å²) >= 11 is 0. The highest BCUT2D eigenvalue weighted by Crippen LogP contribution is 2.33. The zero-order valence-corrected chi connectivity index (χ0v) is 18.8. The first-order chi connectivity index (χ1) is 15.3. The number of hydrogen-bond donors (Lipinski definition) is 0. The van der Waals surface area contributed by atoms with Crippen molar-refractivity contribution < 1.29 is 23.5 Å². The molecule has 2 heterocycles. The van der Waals surface area contributed by atoms with Crippen molar-refractivity contribution in [2.75, 3.05) is 19.7 Å². The lowest BCUT2D eigenvalue weighted by Gasteiger charge is -2.39. The third-order valence-corrected chi connectivity index (χ3v) is 5.62. The van der Waals surface area contributed by atoms with Crippen LogP contribution in [-0.4, -0.2) is 57.9 Å². The number of hydrogen-bond acceptors (Lipinski definition) is 4. The smallest absolute Gasteiger partial charge is 0.306 e. The van der Waals surface area contributed by atoms with Crippen molar-refractivity contribution in [1.82, 2.24) is 14.4 Å². The minimum absolute atomic E-state index is 0.0134. The van der Waals surface area contributed by atoms with E-state index in [0.29, 0.717) is 18.7 Å². The van der Waals surface area contributed by atoms with E-state index in [-0.39, 0.29) is 49.7 Å². The van der Waals surface area contributed by atoms with Crippen LogP contribution in [0.5, 0.6) is 0 Å². The molecule has 0 N–H and O–H groups in total. The van der Waals surface area contributed by atoms with Crippen LogP contribution in [0.2, 0.25) is 0 Å². The SMILES string of the molecule is CCOC(=O)CCC(=O)N(CC(=O)N1CCn2cccc2C1c1cccc(F)c1)C(C)C. The molecule has 2 aromatic rings. The number of benzene rings is 1. The van der Waals surface area contributed by atoms with E-state index < -0.39 is 12.0 Å². The lowest BCUT2D eigenvalue weighted by Crippen LogP contribution is -2.49. The summed E-state index contributed by atoms with van der Waals surface area (Å²) in [6.07, 6.45) is 1.91. The topological polar surface area (TPSA) is 71.8 Å². The van der Waals surface area contributed by atoms with Crippen molar-refractivity contribution in [3.63, 3.8) is 0 Å². The zero-order valence-electron chi connectivity index (χ0n) is 18.8. The Kier molecular flexibility index (Phi) is 7.66. The van der Waals surface area contributed by atoms with Crippen LogP contribution in [0.1, 0.15) is 50.9 Å². The second kappa shape index (κ2) is 10.4. The van der Waals surface area contributed by atoms with E-state index in [1.807, 2.05) is 32.2 Å². The third kappa shape index (κ3) is 5.36. The second-order valence-corrected chi connectivity index (χ2v) is 8.09. The van der Waals surface area contributed by atoms with Crippen molar-refractivity contribution in [2.45, 2.75) is 52.2 Å². The maximum atomic E-state index is 14.0. The van der Waals surface area contributed by atoms with Gasteiger partial charge in [0.15, 0.2) is 0 Å². The molecular formula is C24H30FN3O4. The van der Waals surface area contributed by atoms with Gasteiger partial charge in [-0.2, -0.15) is 0 Å². The Balaban J connectivity index is 1.79. The Labute approximate surface area is 187 Å². The largest absolute Gasteiger partial charge is 0.466 e. The zero-order chi connectivity index (χ0) is 23.3. The lowest BCUT2D eigenvalue weighted by molar-refractivity contribution is -0.147. The first kappa shape index (κ1) is 23.5. The summed E-state index contributed by atoms with van der Waals surface area (Å²) in [5.74, 6) is -1.29. The highest BCUT2D eigenvalue weighted by molar-refractivity contribution is 5.87. The molecule has 2 amide bonds. The molecule has 1 aliphatic rings. The molecule has 0 aliphatic carbocycles. The fraction of sp³-hybridized carbons (Fsp3) is 0.458. The Morgan fingerprint density at radius 1 is 1.16 bits per heavy atom. The molecule has 1 unspecified atom stereocenters. The van der Waals surface area contributed by atoms with Gasteiger partial charge in [0.1, 0.15) is 12.4 Å². The second-order valence-electron chi connectivity index (χ2n) is 8.09. The molecule has 0 bridgehead atoms. The highest BCUT2D eigenvalue weighted by atomic mass is 19.1. The van der Waals surface area contributed by atoms with Crippen molar-refractivity contribution in [1.29, 1.82) is 0 Å². The van der Waals surface area contributed by atoms with Crippen LogP contribution in [0, 0.1) is 5.82 Å². The van der Waals surface area contributed by atoms with Gasteiger partial charge in [0, 0.05) is 37.4 Å². The molecule has 0 saturated carbocycles. The third-order valence-electron chi connectivity index (χ3n) is 5.62. The molecule has 32 heavy (non-hydrogen) atoms. The van der Waals surface area contributed by atoms with Gasteiger partial charge >= 0.3 is 5.97 Å². The van der Waals surface area contributed by atoms with Gasteiger partial charge in [0.2, 0.25) is 11.8 Å². The number of amides is 2. The standard InChI is InChI=1S/C24H30FN3O4/c1-4-32-23(31)11-10-21(29)28(17(2)3)16-22(30)27-14-13-26-12-6-9-20(26)24(27)18-7-5-8-19(25)15-18/h5-9,12,15,17,24H,4,10-11,13-14,16H2,1-3H3. The first-order valence-corrected chi connectivity index (χ1v) is 11.0. The Bertz CT molecular complexity index is 972. The van der Waals surface area contributed by atoms with Crippen molar-refractivity contribution >= 4 is 17.8 Å². The molecular weight excluding hydrogens is 413 g/mol.